The molecule has 0 radical (unpaired) electrons. The van der Waals surface area contributed by atoms with Crippen molar-refractivity contribution in [2.45, 2.75) is 25.5 Å². The van der Waals surface area contributed by atoms with Crippen molar-refractivity contribution in [3.8, 4) is 17.1 Å². The number of hydrogen-bond acceptors (Lipinski definition) is 5. The Morgan fingerprint density at radius 1 is 1.33 bits per heavy atom. The molecule has 3 rings (SSSR count). The van der Waals surface area contributed by atoms with E-state index in [9.17, 15) is 4.79 Å². The fourth-order valence-electron chi connectivity index (χ4n) is 2.94. The monoisotopic (exact) mass is 382 g/mol. The molecule has 0 saturated carbocycles. The van der Waals surface area contributed by atoms with Crippen molar-refractivity contribution in [1.29, 1.82) is 0 Å². The molecule has 0 aliphatic carbocycles. The molecule has 0 atom stereocenters. The van der Waals surface area contributed by atoms with Gasteiger partial charge in [0.15, 0.2) is 16.8 Å². The lowest BCUT2D eigenvalue weighted by atomic mass is 10.2. The normalized spacial score (nSPS) is 10.8. The van der Waals surface area contributed by atoms with Crippen LogP contribution in [0.25, 0.3) is 11.4 Å². The zero-order valence-corrected chi connectivity index (χ0v) is 16.5. The molecule has 0 amide bonds. The van der Waals surface area contributed by atoms with Gasteiger partial charge in [-0.05, 0) is 32.0 Å². The van der Waals surface area contributed by atoms with E-state index in [1.165, 1.54) is 11.8 Å². The minimum Gasteiger partial charge on any atom is -0.496 e. The number of ether oxygens (including phenoxy) is 1. The summed E-state index contributed by atoms with van der Waals surface area (Å²) in [4.78, 5) is 15.7. The number of aromatic nitrogens is 4. The molecule has 0 aliphatic heterocycles. The molecule has 1 N–H and O–H groups in total. The van der Waals surface area contributed by atoms with Gasteiger partial charge in [-0.3, -0.25) is 9.36 Å². The molecule has 3 aromatic rings. The summed E-state index contributed by atoms with van der Waals surface area (Å²) in [5.74, 6) is 1.77. The van der Waals surface area contributed by atoms with Crippen molar-refractivity contribution in [2.75, 3.05) is 12.9 Å². The van der Waals surface area contributed by atoms with Gasteiger partial charge in [0.2, 0.25) is 0 Å². The highest BCUT2D eigenvalue weighted by Gasteiger charge is 2.19. The second-order valence-electron chi connectivity index (χ2n) is 6.11. The minimum absolute atomic E-state index is 0.0637. The lowest BCUT2D eigenvalue weighted by Gasteiger charge is -2.10. The van der Waals surface area contributed by atoms with Crippen LogP contribution in [0.15, 0.2) is 48.1 Å². The predicted octanol–water partition coefficient (Wildman–Crippen LogP) is 4.06. The number of nitrogens with one attached hydrogen (secondary N) is 1. The van der Waals surface area contributed by atoms with Gasteiger partial charge in [-0.2, -0.15) is 0 Å². The summed E-state index contributed by atoms with van der Waals surface area (Å²) in [6, 6.07) is 9.54. The molecule has 0 aliphatic rings. The third kappa shape index (κ3) is 3.98. The standard InChI is InChI=1S/C20H22N4O2S/c1-5-10-24-19(15-8-6-7-9-18(15)26-4)22-23-20(24)27-12-17(25)16-11-13(2)21-14(16)3/h5-9,11,21H,1,10,12H2,2-4H3. The van der Waals surface area contributed by atoms with Gasteiger partial charge in [0, 0.05) is 23.5 Å². The van der Waals surface area contributed by atoms with Crippen molar-refractivity contribution >= 4 is 17.5 Å². The lowest BCUT2D eigenvalue weighted by molar-refractivity contribution is 0.102. The van der Waals surface area contributed by atoms with Crippen molar-refractivity contribution in [3.63, 3.8) is 0 Å². The van der Waals surface area contributed by atoms with E-state index in [0.29, 0.717) is 23.3 Å². The Kier molecular flexibility index (Phi) is 5.81. The van der Waals surface area contributed by atoms with Crippen LogP contribution in [0, 0.1) is 13.8 Å². The number of carbonyl (C=O) groups excluding carboxylic acids is 1. The van der Waals surface area contributed by atoms with Crippen LogP contribution >= 0.6 is 11.8 Å². The van der Waals surface area contributed by atoms with Gasteiger partial charge in [0.1, 0.15) is 5.75 Å². The number of ketones is 1. The quantitative estimate of drug-likeness (QED) is 0.361. The van der Waals surface area contributed by atoms with E-state index < -0.39 is 0 Å². The summed E-state index contributed by atoms with van der Waals surface area (Å²) in [7, 11) is 1.63. The van der Waals surface area contributed by atoms with Gasteiger partial charge < -0.3 is 9.72 Å². The number of methoxy groups -OCH3 is 1. The van der Waals surface area contributed by atoms with Crippen molar-refractivity contribution in [1.82, 2.24) is 19.7 Å². The molecule has 7 heteroatoms. The van der Waals surface area contributed by atoms with E-state index in [1.54, 1.807) is 13.2 Å². The number of thioether (sulfide) groups is 1. The third-order valence-electron chi connectivity index (χ3n) is 4.16. The highest BCUT2D eigenvalue weighted by atomic mass is 32.2. The van der Waals surface area contributed by atoms with Gasteiger partial charge in [0.05, 0.1) is 18.4 Å². The van der Waals surface area contributed by atoms with Crippen LogP contribution in [0.5, 0.6) is 5.75 Å². The number of aryl methyl sites for hydroxylation is 2. The Hall–Kier alpha value is -2.80. The van der Waals surface area contributed by atoms with Crippen molar-refractivity contribution < 1.29 is 9.53 Å². The Bertz CT molecular complexity index is 974. The fraction of sp³-hybridized carbons (Fsp3) is 0.250. The maximum Gasteiger partial charge on any atom is 0.192 e. The SMILES string of the molecule is C=CCn1c(SCC(=O)c2cc(C)[nH]c2C)nnc1-c1ccccc1OC. The van der Waals surface area contributed by atoms with Crippen LogP contribution in [0.4, 0.5) is 0 Å². The molecular weight excluding hydrogens is 360 g/mol. The Labute approximate surface area is 162 Å². The maximum atomic E-state index is 12.6. The number of nitrogens with zero attached hydrogens (tertiary/aromatic N) is 3. The molecule has 0 unspecified atom stereocenters. The van der Waals surface area contributed by atoms with Crippen LogP contribution in [0.1, 0.15) is 21.7 Å². The van der Waals surface area contributed by atoms with Crippen LogP contribution < -0.4 is 4.74 Å². The second-order valence-corrected chi connectivity index (χ2v) is 7.05. The summed E-state index contributed by atoms with van der Waals surface area (Å²) >= 11 is 1.37. The first-order valence-electron chi connectivity index (χ1n) is 8.54. The first-order chi connectivity index (χ1) is 13.0. The van der Waals surface area contributed by atoms with Gasteiger partial charge in [0.25, 0.3) is 0 Å². The molecule has 27 heavy (non-hydrogen) atoms. The molecule has 0 fully saturated rings. The lowest BCUT2D eigenvalue weighted by Crippen LogP contribution is -2.06. The summed E-state index contributed by atoms with van der Waals surface area (Å²) in [5, 5.41) is 9.30. The molecule has 0 saturated heterocycles. The molecule has 0 bridgehead atoms. The summed E-state index contributed by atoms with van der Waals surface area (Å²) < 4.78 is 7.38. The average molecular weight is 382 g/mol. The minimum atomic E-state index is 0.0637. The second kappa shape index (κ2) is 8.26. The molecular formula is C20H22N4O2S. The topological polar surface area (TPSA) is 72.8 Å². The number of hydrogen-bond donors (Lipinski definition) is 1. The Balaban J connectivity index is 1.86. The number of rotatable bonds is 8. The summed E-state index contributed by atoms with van der Waals surface area (Å²) in [6.07, 6.45) is 1.79. The number of para-hydroxylation sites is 1. The average Bonchev–Trinajstić information content (AvgIpc) is 3.22. The number of benzene rings is 1. The predicted molar refractivity (Wildman–Crippen MR) is 108 cm³/mol. The van der Waals surface area contributed by atoms with Crippen molar-refractivity contribution in [3.05, 3.63) is 59.9 Å². The number of Topliss-reactive ketones (excluding diaryl/α,β-unsaturated/α-hetero) is 1. The Morgan fingerprint density at radius 3 is 2.78 bits per heavy atom. The van der Waals surface area contributed by atoms with E-state index in [1.807, 2.05) is 48.7 Å². The Morgan fingerprint density at radius 2 is 2.11 bits per heavy atom. The zero-order valence-electron chi connectivity index (χ0n) is 15.7. The maximum absolute atomic E-state index is 12.6. The first-order valence-corrected chi connectivity index (χ1v) is 9.53. The van der Waals surface area contributed by atoms with Crippen LogP contribution in [0.2, 0.25) is 0 Å². The number of allylic oxidation sites excluding steroid dienone is 1. The summed E-state index contributed by atoms with van der Waals surface area (Å²) in [6.45, 7) is 8.21. The van der Waals surface area contributed by atoms with Crippen LogP contribution in [0.3, 0.4) is 0 Å². The van der Waals surface area contributed by atoms with E-state index in [4.69, 9.17) is 4.74 Å². The third-order valence-corrected chi connectivity index (χ3v) is 5.13. The van der Waals surface area contributed by atoms with Gasteiger partial charge >= 0.3 is 0 Å². The molecule has 1 aromatic carbocycles. The van der Waals surface area contributed by atoms with E-state index in [2.05, 4.69) is 21.8 Å². The number of aromatic amines is 1. The van der Waals surface area contributed by atoms with E-state index >= 15 is 0 Å². The van der Waals surface area contributed by atoms with Crippen molar-refractivity contribution in [2.24, 2.45) is 0 Å². The van der Waals surface area contributed by atoms with E-state index in [0.717, 1.165) is 28.3 Å². The molecule has 2 heterocycles. The fourth-order valence-corrected chi connectivity index (χ4v) is 3.77. The van der Waals surface area contributed by atoms with Crippen LogP contribution in [-0.2, 0) is 6.54 Å². The van der Waals surface area contributed by atoms with E-state index in [-0.39, 0.29) is 5.78 Å². The van der Waals surface area contributed by atoms with Gasteiger partial charge in [-0.25, -0.2) is 0 Å². The molecule has 140 valence electrons. The molecule has 2 aromatic heterocycles. The number of H-pyrrole nitrogens is 1. The largest absolute Gasteiger partial charge is 0.496 e. The highest BCUT2D eigenvalue weighted by molar-refractivity contribution is 7.99. The molecule has 0 spiro atoms. The first kappa shape index (κ1) is 19.0. The number of carbonyl (C=O) groups is 1. The summed E-state index contributed by atoms with van der Waals surface area (Å²) in [5.41, 5.74) is 3.44. The van der Waals surface area contributed by atoms with Gasteiger partial charge in [-0.1, -0.05) is 30.0 Å². The zero-order chi connectivity index (χ0) is 19.4. The molecule has 6 nitrogen and oxygen atoms in total. The van der Waals surface area contributed by atoms with Crippen LogP contribution in [-0.4, -0.2) is 38.4 Å². The van der Waals surface area contributed by atoms with Gasteiger partial charge in [-0.15, -0.1) is 16.8 Å². The highest BCUT2D eigenvalue weighted by Crippen LogP contribution is 2.31. The smallest absolute Gasteiger partial charge is 0.192 e.